The molecule has 0 spiro atoms. The fourth-order valence-corrected chi connectivity index (χ4v) is 2.15. The Morgan fingerprint density at radius 3 is 2.94 bits per heavy atom. The second kappa shape index (κ2) is 5.04. The third-order valence-corrected chi connectivity index (χ3v) is 3.19. The molecule has 0 aliphatic carbocycles. The molecule has 2 rings (SSSR count). The first-order chi connectivity index (χ1) is 8.46. The van der Waals surface area contributed by atoms with E-state index in [-0.39, 0.29) is 11.4 Å². The lowest BCUT2D eigenvalue weighted by Gasteiger charge is -2.22. The molecule has 2 heterocycles. The number of urea groups is 1. The van der Waals surface area contributed by atoms with Crippen molar-refractivity contribution in [2.75, 3.05) is 19.6 Å². The molecular weight excluding hydrogens is 228 g/mol. The summed E-state index contributed by atoms with van der Waals surface area (Å²) >= 11 is 0. The van der Waals surface area contributed by atoms with Gasteiger partial charge in [-0.2, -0.15) is 0 Å². The Hall–Kier alpha value is -1.45. The molecule has 2 amide bonds. The number of amides is 2. The maximum absolute atomic E-state index is 12.0. The summed E-state index contributed by atoms with van der Waals surface area (Å²) in [5.41, 5.74) is 0.121. The standard InChI is InChI=1S/C14H22N2O2/c1-14(2,3)10-15-13(17)16-7-6-11(9-16)12-5-4-8-18-12/h4-5,8,11H,6-7,9-10H2,1-3H3,(H,15,17). The van der Waals surface area contributed by atoms with Gasteiger partial charge in [-0.15, -0.1) is 0 Å². The minimum Gasteiger partial charge on any atom is -0.469 e. The maximum atomic E-state index is 12.0. The summed E-state index contributed by atoms with van der Waals surface area (Å²) in [6.45, 7) is 8.60. The van der Waals surface area contributed by atoms with E-state index in [1.54, 1.807) is 6.26 Å². The number of hydrogen-bond donors (Lipinski definition) is 1. The van der Waals surface area contributed by atoms with E-state index in [2.05, 4.69) is 26.1 Å². The summed E-state index contributed by atoms with van der Waals surface area (Å²) in [4.78, 5) is 13.9. The number of carbonyl (C=O) groups excluding carboxylic acids is 1. The highest BCUT2D eigenvalue weighted by atomic mass is 16.3. The Morgan fingerprint density at radius 2 is 2.33 bits per heavy atom. The van der Waals surface area contributed by atoms with Crippen molar-refractivity contribution in [3.8, 4) is 0 Å². The molecule has 1 aromatic rings. The van der Waals surface area contributed by atoms with E-state index in [1.807, 2.05) is 17.0 Å². The normalized spacial score (nSPS) is 20.2. The Labute approximate surface area is 108 Å². The van der Waals surface area contributed by atoms with Crippen molar-refractivity contribution in [2.45, 2.75) is 33.1 Å². The minimum atomic E-state index is 0.0407. The van der Waals surface area contributed by atoms with Gasteiger partial charge in [-0.1, -0.05) is 20.8 Å². The van der Waals surface area contributed by atoms with Crippen LogP contribution in [-0.4, -0.2) is 30.6 Å². The van der Waals surface area contributed by atoms with E-state index < -0.39 is 0 Å². The third kappa shape index (κ3) is 3.28. The van der Waals surface area contributed by atoms with Gasteiger partial charge < -0.3 is 14.6 Å². The van der Waals surface area contributed by atoms with Crippen LogP contribution in [0.15, 0.2) is 22.8 Å². The van der Waals surface area contributed by atoms with Gasteiger partial charge in [-0.3, -0.25) is 0 Å². The Morgan fingerprint density at radius 1 is 1.56 bits per heavy atom. The first-order valence-electron chi connectivity index (χ1n) is 6.52. The zero-order chi connectivity index (χ0) is 13.2. The number of likely N-dealkylation sites (tertiary alicyclic amines) is 1. The van der Waals surface area contributed by atoms with Gasteiger partial charge in [0.2, 0.25) is 0 Å². The lowest BCUT2D eigenvalue weighted by atomic mass is 9.97. The molecular formula is C14H22N2O2. The Balaban J connectivity index is 1.83. The van der Waals surface area contributed by atoms with Gasteiger partial charge in [0.15, 0.2) is 0 Å². The van der Waals surface area contributed by atoms with Crippen LogP contribution < -0.4 is 5.32 Å². The molecule has 4 nitrogen and oxygen atoms in total. The highest BCUT2D eigenvalue weighted by Gasteiger charge is 2.29. The fourth-order valence-electron chi connectivity index (χ4n) is 2.15. The molecule has 1 atom stereocenters. The van der Waals surface area contributed by atoms with Crippen LogP contribution in [0.5, 0.6) is 0 Å². The average molecular weight is 250 g/mol. The van der Waals surface area contributed by atoms with Gasteiger partial charge in [-0.05, 0) is 24.0 Å². The van der Waals surface area contributed by atoms with Crippen molar-refractivity contribution in [2.24, 2.45) is 5.41 Å². The molecule has 0 saturated carbocycles. The van der Waals surface area contributed by atoms with Crippen LogP contribution in [-0.2, 0) is 0 Å². The minimum absolute atomic E-state index is 0.0407. The first-order valence-corrected chi connectivity index (χ1v) is 6.52. The smallest absolute Gasteiger partial charge is 0.317 e. The molecule has 0 aromatic carbocycles. The predicted molar refractivity (Wildman–Crippen MR) is 70.5 cm³/mol. The van der Waals surface area contributed by atoms with Gasteiger partial charge in [0.1, 0.15) is 5.76 Å². The topological polar surface area (TPSA) is 45.5 Å². The zero-order valence-corrected chi connectivity index (χ0v) is 11.4. The molecule has 1 N–H and O–H groups in total. The summed E-state index contributed by atoms with van der Waals surface area (Å²) in [6, 6.07) is 3.93. The van der Waals surface area contributed by atoms with Gasteiger partial charge >= 0.3 is 6.03 Å². The molecule has 1 aliphatic rings. The number of rotatable bonds is 2. The first kappa shape index (κ1) is 13.0. The molecule has 1 unspecified atom stereocenters. The summed E-state index contributed by atoms with van der Waals surface area (Å²) in [5, 5.41) is 2.99. The van der Waals surface area contributed by atoms with Gasteiger partial charge in [0, 0.05) is 25.6 Å². The van der Waals surface area contributed by atoms with Crippen molar-refractivity contribution >= 4 is 6.03 Å². The lowest BCUT2D eigenvalue weighted by molar-refractivity contribution is 0.203. The molecule has 1 fully saturated rings. The van der Waals surface area contributed by atoms with Crippen LogP contribution >= 0.6 is 0 Å². The number of hydrogen-bond acceptors (Lipinski definition) is 2. The Kier molecular flexibility index (Phi) is 3.64. The summed E-state index contributed by atoms with van der Waals surface area (Å²) in [5.74, 6) is 1.33. The van der Waals surface area contributed by atoms with E-state index in [0.717, 1.165) is 25.3 Å². The van der Waals surface area contributed by atoms with Crippen LogP contribution in [0, 0.1) is 5.41 Å². The molecule has 18 heavy (non-hydrogen) atoms. The van der Waals surface area contributed by atoms with Crippen molar-refractivity contribution < 1.29 is 9.21 Å². The van der Waals surface area contributed by atoms with Crippen LogP contribution in [0.3, 0.4) is 0 Å². The Bertz CT molecular complexity index is 392. The molecule has 1 aromatic heterocycles. The van der Waals surface area contributed by atoms with Gasteiger partial charge in [-0.25, -0.2) is 4.79 Å². The number of carbonyl (C=O) groups is 1. The number of furan rings is 1. The molecule has 0 bridgehead atoms. The van der Waals surface area contributed by atoms with Crippen molar-refractivity contribution in [1.82, 2.24) is 10.2 Å². The number of nitrogens with one attached hydrogen (secondary N) is 1. The second-order valence-electron chi connectivity index (χ2n) is 6.17. The lowest BCUT2D eigenvalue weighted by Crippen LogP contribution is -2.41. The van der Waals surface area contributed by atoms with Crippen LogP contribution in [0.2, 0.25) is 0 Å². The van der Waals surface area contributed by atoms with Crippen LogP contribution in [0.4, 0.5) is 4.79 Å². The van der Waals surface area contributed by atoms with E-state index in [4.69, 9.17) is 4.42 Å². The fraction of sp³-hybridized carbons (Fsp3) is 0.643. The van der Waals surface area contributed by atoms with Crippen molar-refractivity contribution in [3.63, 3.8) is 0 Å². The molecule has 1 saturated heterocycles. The monoisotopic (exact) mass is 250 g/mol. The number of nitrogens with zero attached hydrogens (tertiary/aromatic N) is 1. The largest absolute Gasteiger partial charge is 0.469 e. The predicted octanol–water partition coefficient (Wildman–Crippen LogP) is 2.82. The van der Waals surface area contributed by atoms with Gasteiger partial charge in [0.25, 0.3) is 0 Å². The third-order valence-electron chi connectivity index (χ3n) is 3.19. The van der Waals surface area contributed by atoms with E-state index in [0.29, 0.717) is 12.5 Å². The maximum Gasteiger partial charge on any atom is 0.317 e. The van der Waals surface area contributed by atoms with Crippen LogP contribution in [0.25, 0.3) is 0 Å². The molecule has 100 valence electrons. The highest BCUT2D eigenvalue weighted by molar-refractivity contribution is 5.74. The summed E-state index contributed by atoms with van der Waals surface area (Å²) in [6.07, 6.45) is 2.67. The quantitative estimate of drug-likeness (QED) is 0.877. The zero-order valence-electron chi connectivity index (χ0n) is 11.4. The van der Waals surface area contributed by atoms with Gasteiger partial charge in [0.05, 0.1) is 6.26 Å². The average Bonchev–Trinajstić information content (AvgIpc) is 2.94. The molecule has 4 heteroatoms. The van der Waals surface area contributed by atoms with E-state index >= 15 is 0 Å². The SMILES string of the molecule is CC(C)(C)CNC(=O)N1CCC(c2ccco2)C1. The second-order valence-corrected chi connectivity index (χ2v) is 6.17. The highest BCUT2D eigenvalue weighted by Crippen LogP contribution is 2.27. The molecule has 1 aliphatic heterocycles. The van der Waals surface area contributed by atoms with E-state index in [9.17, 15) is 4.79 Å². The van der Waals surface area contributed by atoms with Crippen molar-refractivity contribution in [1.29, 1.82) is 0 Å². The summed E-state index contributed by atoms with van der Waals surface area (Å²) < 4.78 is 5.40. The van der Waals surface area contributed by atoms with Crippen LogP contribution in [0.1, 0.15) is 38.9 Å². The molecule has 0 radical (unpaired) electrons. The van der Waals surface area contributed by atoms with E-state index in [1.165, 1.54) is 0 Å². The summed E-state index contributed by atoms with van der Waals surface area (Å²) in [7, 11) is 0. The van der Waals surface area contributed by atoms with Crippen molar-refractivity contribution in [3.05, 3.63) is 24.2 Å².